The Bertz CT molecular complexity index is 1450. The van der Waals surface area contributed by atoms with Crippen molar-refractivity contribution in [2.24, 2.45) is 4.99 Å². The fourth-order valence-electron chi connectivity index (χ4n) is 3.42. The standard InChI is InChI=1S/C28H20Cl2INO5S/c1-2-36-28(35)23-24(33)22(38-27(23)32-26(34)18-6-4-3-5-7-18)14-17-12-20(29)25(21(30)13-17)37-15-16-8-10-19(31)11-9-16/h3-14,33H,2,15H2,1H3/b22-14-,32-27?. The van der Waals surface area contributed by atoms with Crippen molar-refractivity contribution in [2.75, 3.05) is 6.61 Å². The van der Waals surface area contributed by atoms with Gasteiger partial charge < -0.3 is 14.6 Å². The van der Waals surface area contributed by atoms with Crippen molar-refractivity contribution in [1.82, 2.24) is 0 Å². The van der Waals surface area contributed by atoms with Gasteiger partial charge in [0.05, 0.1) is 21.6 Å². The number of benzene rings is 3. The number of aliphatic hydroxyl groups is 1. The van der Waals surface area contributed by atoms with Gasteiger partial charge in [-0.25, -0.2) is 9.79 Å². The fraction of sp³-hybridized carbons (Fsp3) is 0.107. The van der Waals surface area contributed by atoms with E-state index in [0.29, 0.717) is 16.9 Å². The zero-order valence-corrected chi connectivity index (χ0v) is 24.4. The maximum Gasteiger partial charge on any atom is 0.344 e. The predicted molar refractivity (Wildman–Crippen MR) is 160 cm³/mol. The molecule has 6 nitrogen and oxygen atoms in total. The Morgan fingerprint density at radius 1 is 1.05 bits per heavy atom. The molecule has 38 heavy (non-hydrogen) atoms. The Balaban J connectivity index is 1.62. The normalized spacial score (nSPS) is 15.3. The summed E-state index contributed by atoms with van der Waals surface area (Å²) in [6.45, 7) is 2.02. The number of rotatable bonds is 7. The SMILES string of the molecule is CCOC(=O)C1=C(O)/C(=C/c2cc(Cl)c(OCc3ccc(I)cc3)c(Cl)c2)SC1=NC(=O)c1ccccc1. The molecule has 0 aliphatic carbocycles. The molecule has 1 aliphatic heterocycles. The van der Waals surface area contributed by atoms with E-state index in [1.165, 1.54) is 0 Å². The summed E-state index contributed by atoms with van der Waals surface area (Å²) in [6, 6.07) is 19.6. The van der Waals surface area contributed by atoms with E-state index in [9.17, 15) is 14.7 Å². The Labute approximate surface area is 247 Å². The third-order valence-corrected chi connectivity index (χ3v) is 7.51. The first-order valence-corrected chi connectivity index (χ1v) is 14.0. The maximum atomic E-state index is 12.7. The van der Waals surface area contributed by atoms with Crippen LogP contribution in [0.5, 0.6) is 5.75 Å². The summed E-state index contributed by atoms with van der Waals surface area (Å²) < 4.78 is 12.1. The van der Waals surface area contributed by atoms with Gasteiger partial charge in [0.2, 0.25) is 0 Å². The van der Waals surface area contributed by atoms with E-state index < -0.39 is 11.9 Å². The quantitative estimate of drug-likeness (QED) is 0.202. The molecule has 1 aliphatic rings. The number of halogens is 3. The second-order valence-electron chi connectivity index (χ2n) is 7.87. The molecule has 0 aromatic heterocycles. The third-order valence-electron chi connectivity index (χ3n) is 5.21. The zero-order chi connectivity index (χ0) is 27.2. The monoisotopic (exact) mass is 679 g/mol. The van der Waals surface area contributed by atoms with Gasteiger partial charge in [0.25, 0.3) is 5.91 Å². The molecule has 0 fully saturated rings. The van der Waals surface area contributed by atoms with Crippen molar-refractivity contribution in [3.05, 3.63) is 113 Å². The van der Waals surface area contributed by atoms with Crippen LogP contribution in [0.1, 0.15) is 28.4 Å². The van der Waals surface area contributed by atoms with Crippen LogP contribution >= 0.6 is 57.6 Å². The smallest absolute Gasteiger partial charge is 0.344 e. The van der Waals surface area contributed by atoms with Crippen LogP contribution < -0.4 is 4.74 Å². The number of aliphatic imine (C=N–C) groups is 1. The molecule has 0 atom stereocenters. The molecule has 194 valence electrons. The topological polar surface area (TPSA) is 85.2 Å². The Morgan fingerprint density at radius 3 is 2.34 bits per heavy atom. The average Bonchev–Trinajstić information content (AvgIpc) is 3.19. The molecule has 0 spiro atoms. The van der Waals surface area contributed by atoms with Crippen molar-refractivity contribution in [2.45, 2.75) is 13.5 Å². The van der Waals surface area contributed by atoms with Gasteiger partial charge in [-0.1, -0.05) is 65.3 Å². The van der Waals surface area contributed by atoms with Gasteiger partial charge in [0, 0.05) is 9.13 Å². The molecule has 0 radical (unpaired) electrons. The largest absolute Gasteiger partial charge is 0.506 e. The lowest BCUT2D eigenvalue weighted by Gasteiger charge is -2.11. The Kier molecular flexibility index (Phi) is 9.54. The van der Waals surface area contributed by atoms with E-state index in [4.69, 9.17) is 32.7 Å². The van der Waals surface area contributed by atoms with Crippen LogP contribution in [-0.4, -0.2) is 28.6 Å². The van der Waals surface area contributed by atoms with Gasteiger partial charge in [-0.15, -0.1) is 0 Å². The highest BCUT2D eigenvalue weighted by molar-refractivity contribution is 14.1. The summed E-state index contributed by atoms with van der Waals surface area (Å²) in [5.74, 6) is -1.35. The maximum absolute atomic E-state index is 12.7. The highest BCUT2D eigenvalue weighted by Gasteiger charge is 2.34. The molecule has 1 amide bonds. The highest BCUT2D eigenvalue weighted by atomic mass is 127. The second-order valence-corrected chi connectivity index (χ2v) is 11.0. The zero-order valence-electron chi connectivity index (χ0n) is 19.9. The lowest BCUT2D eigenvalue weighted by atomic mass is 10.1. The van der Waals surface area contributed by atoms with Crippen LogP contribution in [0.15, 0.2) is 88.0 Å². The lowest BCUT2D eigenvalue weighted by Crippen LogP contribution is -2.14. The van der Waals surface area contributed by atoms with Crippen LogP contribution in [-0.2, 0) is 16.1 Å². The van der Waals surface area contributed by atoms with Crippen LogP contribution in [0.4, 0.5) is 0 Å². The fourth-order valence-corrected chi connectivity index (χ4v) is 5.40. The molecule has 10 heteroatoms. The second kappa shape index (κ2) is 12.8. The molecular formula is C28H20Cl2INO5S. The number of carbonyl (C=O) groups excluding carboxylic acids is 2. The summed E-state index contributed by atoms with van der Waals surface area (Å²) in [6.07, 6.45) is 1.59. The third kappa shape index (κ3) is 6.79. The van der Waals surface area contributed by atoms with Crippen molar-refractivity contribution in [1.29, 1.82) is 0 Å². The molecule has 3 aromatic carbocycles. The van der Waals surface area contributed by atoms with E-state index in [-0.39, 0.29) is 44.5 Å². The molecular weight excluding hydrogens is 660 g/mol. The minimum absolute atomic E-state index is 0.0377. The first kappa shape index (κ1) is 28.2. The van der Waals surface area contributed by atoms with Gasteiger partial charge in [-0.3, -0.25) is 4.79 Å². The number of hydrogen-bond donors (Lipinski definition) is 1. The van der Waals surface area contributed by atoms with Gasteiger partial charge in [0.15, 0.2) is 5.75 Å². The summed E-state index contributed by atoms with van der Waals surface area (Å²) >= 11 is 16.1. The van der Waals surface area contributed by atoms with Crippen molar-refractivity contribution < 1.29 is 24.2 Å². The summed E-state index contributed by atoms with van der Waals surface area (Å²) in [7, 11) is 0. The highest BCUT2D eigenvalue weighted by Crippen LogP contribution is 2.41. The minimum atomic E-state index is -0.782. The first-order chi connectivity index (χ1) is 18.3. The summed E-state index contributed by atoms with van der Waals surface area (Å²) in [5.41, 5.74) is 1.68. The van der Waals surface area contributed by atoms with Gasteiger partial charge in [0.1, 0.15) is 23.0 Å². The van der Waals surface area contributed by atoms with Crippen LogP contribution in [0.3, 0.4) is 0 Å². The minimum Gasteiger partial charge on any atom is -0.506 e. The first-order valence-electron chi connectivity index (χ1n) is 11.3. The van der Waals surface area contributed by atoms with E-state index in [1.54, 1.807) is 55.5 Å². The number of aliphatic hydroxyl groups excluding tert-OH is 1. The molecule has 0 saturated heterocycles. The van der Waals surface area contributed by atoms with Crippen LogP contribution in [0.2, 0.25) is 10.0 Å². The van der Waals surface area contributed by atoms with E-state index in [0.717, 1.165) is 20.9 Å². The van der Waals surface area contributed by atoms with Crippen LogP contribution in [0, 0.1) is 3.57 Å². The number of carbonyl (C=O) groups is 2. The molecule has 0 bridgehead atoms. The van der Waals surface area contributed by atoms with E-state index in [1.807, 2.05) is 24.3 Å². The molecule has 0 saturated carbocycles. The summed E-state index contributed by atoms with van der Waals surface area (Å²) in [4.78, 5) is 29.7. The van der Waals surface area contributed by atoms with Gasteiger partial charge in [-0.05, 0) is 83.1 Å². The number of amides is 1. The molecule has 0 unspecified atom stereocenters. The average molecular weight is 680 g/mol. The number of nitrogens with zero attached hydrogens (tertiary/aromatic N) is 1. The Hall–Kier alpha value is -2.79. The van der Waals surface area contributed by atoms with Crippen molar-refractivity contribution in [3.8, 4) is 5.75 Å². The van der Waals surface area contributed by atoms with E-state index >= 15 is 0 Å². The van der Waals surface area contributed by atoms with E-state index in [2.05, 4.69) is 27.6 Å². The van der Waals surface area contributed by atoms with Crippen LogP contribution in [0.25, 0.3) is 6.08 Å². The molecule has 3 aromatic rings. The predicted octanol–water partition coefficient (Wildman–Crippen LogP) is 7.88. The van der Waals surface area contributed by atoms with Crippen molar-refractivity contribution in [3.63, 3.8) is 0 Å². The number of hydrogen-bond acceptors (Lipinski definition) is 6. The summed E-state index contributed by atoms with van der Waals surface area (Å²) in [5, 5.41) is 11.5. The van der Waals surface area contributed by atoms with Crippen molar-refractivity contribution >= 4 is 80.6 Å². The number of ether oxygens (including phenoxy) is 2. The molecule has 1 N–H and O–H groups in total. The van der Waals surface area contributed by atoms with Gasteiger partial charge >= 0.3 is 5.97 Å². The lowest BCUT2D eigenvalue weighted by molar-refractivity contribution is -0.138. The number of thioether (sulfide) groups is 1. The van der Waals surface area contributed by atoms with Gasteiger partial charge in [-0.2, -0.15) is 0 Å². The molecule has 4 rings (SSSR count). The Morgan fingerprint density at radius 2 is 1.71 bits per heavy atom. The molecule has 1 heterocycles. The number of esters is 1.